The van der Waals surface area contributed by atoms with Crippen LogP contribution in [-0.4, -0.2) is 20.7 Å². The van der Waals surface area contributed by atoms with Crippen LogP contribution < -0.4 is 5.32 Å². The molecule has 11 heteroatoms. The Morgan fingerprint density at radius 2 is 1.80 bits per heavy atom. The lowest BCUT2D eigenvalue weighted by Crippen LogP contribution is -2.22. The van der Waals surface area contributed by atoms with E-state index in [0.717, 1.165) is 18.5 Å². The van der Waals surface area contributed by atoms with Gasteiger partial charge in [0, 0.05) is 17.9 Å². The zero-order chi connectivity index (χ0) is 19.0. The van der Waals surface area contributed by atoms with E-state index in [4.69, 9.17) is 0 Å². The van der Waals surface area contributed by atoms with Crippen LogP contribution in [0.5, 0.6) is 0 Å². The molecule has 2 aromatic rings. The summed E-state index contributed by atoms with van der Waals surface area (Å²) in [7, 11) is 0. The van der Waals surface area contributed by atoms with Crippen molar-refractivity contribution in [3.8, 4) is 0 Å². The van der Waals surface area contributed by atoms with Crippen LogP contribution in [-0.2, 0) is 12.4 Å². The standard InChI is InChI=1S/C14H12F6N4O/c1-7(2)24-11(14(18,19)20)9(6-22-24)12(25)23-8-3-4-21-10(5-8)13(15,16)17/h3-7H,1-2H3,(H,21,23,25). The van der Waals surface area contributed by atoms with Crippen LogP contribution in [0.4, 0.5) is 32.0 Å². The Morgan fingerprint density at radius 3 is 2.32 bits per heavy atom. The molecule has 0 unspecified atom stereocenters. The van der Waals surface area contributed by atoms with Gasteiger partial charge in [0.2, 0.25) is 0 Å². The van der Waals surface area contributed by atoms with Gasteiger partial charge >= 0.3 is 12.4 Å². The van der Waals surface area contributed by atoms with E-state index in [1.807, 2.05) is 5.32 Å². The molecule has 0 aliphatic carbocycles. The van der Waals surface area contributed by atoms with Crippen molar-refractivity contribution in [2.45, 2.75) is 32.2 Å². The molecular weight excluding hydrogens is 354 g/mol. The molecule has 0 aliphatic rings. The van der Waals surface area contributed by atoms with Crippen molar-refractivity contribution < 1.29 is 31.1 Å². The third kappa shape index (κ3) is 4.09. The molecule has 1 amide bonds. The van der Waals surface area contributed by atoms with Gasteiger partial charge in [0.25, 0.3) is 5.91 Å². The predicted molar refractivity (Wildman–Crippen MR) is 74.8 cm³/mol. The predicted octanol–water partition coefficient (Wildman–Crippen LogP) is 4.15. The molecule has 0 spiro atoms. The second-order valence-electron chi connectivity index (χ2n) is 5.32. The van der Waals surface area contributed by atoms with Crippen LogP contribution in [0.1, 0.15) is 41.6 Å². The number of nitrogens with zero attached hydrogens (tertiary/aromatic N) is 3. The molecule has 25 heavy (non-hydrogen) atoms. The number of amides is 1. The average molecular weight is 366 g/mol. The fraction of sp³-hybridized carbons (Fsp3) is 0.357. The summed E-state index contributed by atoms with van der Waals surface area (Å²) < 4.78 is 78.1. The topological polar surface area (TPSA) is 59.8 Å². The van der Waals surface area contributed by atoms with Gasteiger partial charge < -0.3 is 5.32 Å². The molecule has 0 saturated carbocycles. The monoisotopic (exact) mass is 366 g/mol. The number of nitrogens with one attached hydrogen (secondary N) is 1. The molecule has 0 radical (unpaired) electrons. The first-order valence-corrected chi connectivity index (χ1v) is 6.90. The SMILES string of the molecule is CC(C)n1ncc(C(=O)Nc2ccnc(C(F)(F)F)c2)c1C(F)(F)F. The minimum Gasteiger partial charge on any atom is -0.322 e. The fourth-order valence-corrected chi connectivity index (χ4v) is 2.06. The molecule has 2 heterocycles. The van der Waals surface area contributed by atoms with Crippen LogP contribution in [0.15, 0.2) is 24.5 Å². The van der Waals surface area contributed by atoms with Crippen molar-refractivity contribution in [1.82, 2.24) is 14.8 Å². The fourth-order valence-electron chi connectivity index (χ4n) is 2.06. The molecule has 0 saturated heterocycles. The third-order valence-electron chi connectivity index (χ3n) is 3.11. The van der Waals surface area contributed by atoms with Crippen LogP contribution in [0.25, 0.3) is 0 Å². The van der Waals surface area contributed by atoms with E-state index in [1.165, 1.54) is 13.8 Å². The molecule has 136 valence electrons. The number of halogens is 6. The maximum absolute atomic E-state index is 13.2. The highest BCUT2D eigenvalue weighted by molar-refractivity contribution is 6.05. The van der Waals surface area contributed by atoms with Crippen LogP contribution in [0.2, 0.25) is 0 Å². The van der Waals surface area contributed by atoms with Crippen LogP contribution in [0, 0.1) is 0 Å². The number of pyridine rings is 1. The highest BCUT2D eigenvalue weighted by atomic mass is 19.4. The summed E-state index contributed by atoms with van der Waals surface area (Å²) in [6.07, 6.45) is -8.09. The highest BCUT2D eigenvalue weighted by Gasteiger charge is 2.40. The van der Waals surface area contributed by atoms with Gasteiger partial charge in [-0.1, -0.05) is 0 Å². The highest BCUT2D eigenvalue weighted by Crippen LogP contribution is 2.34. The van der Waals surface area contributed by atoms with E-state index < -0.39 is 41.3 Å². The van der Waals surface area contributed by atoms with Crippen molar-refractivity contribution in [1.29, 1.82) is 0 Å². The summed E-state index contributed by atoms with van der Waals surface area (Å²) in [4.78, 5) is 15.2. The Kier molecular flexibility index (Phi) is 4.78. The molecule has 1 N–H and O–H groups in total. The minimum atomic E-state index is -4.86. The van der Waals surface area contributed by atoms with Gasteiger partial charge in [-0.25, -0.2) is 0 Å². The Morgan fingerprint density at radius 1 is 1.16 bits per heavy atom. The van der Waals surface area contributed by atoms with Gasteiger partial charge in [-0.2, -0.15) is 31.4 Å². The maximum Gasteiger partial charge on any atom is 0.433 e. The Labute approximate surface area is 137 Å². The van der Waals surface area contributed by atoms with E-state index in [0.29, 0.717) is 10.7 Å². The normalized spacial score (nSPS) is 12.5. The van der Waals surface area contributed by atoms with E-state index in [1.54, 1.807) is 0 Å². The van der Waals surface area contributed by atoms with Crippen molar-refractivity contribution in [2.75, 3.05) is 5.32 Å². The number of anilines is 1. The number of hydrogen-bond donors (Lipinski definition) is 1. The van der Waals surface area contributed by atoms with E-state index >= 15 is 0 Å². The van der Waals surface area contributed by atoms with Gasteiger partial charge in [0.1, 0.15) is 5.69 Å². The van der Waals surface area contributed by atoms with Gasteiger partial charge in [0.05, 0.1) is 11.8 Å². The average Bonchev–Trinajstić information content (AvgIpc) is 2.92. The first-order chi connectivity index (χ1) is 11.4. The summed E-state index contributed by atoms with van der Waals surface area (Å²) in [6, 6.07) is 0.890. The molecule has 0 bridgehead atoms. The summed E-state index contributed by atoms with van der Waals surface area (Å²) >= 11 is 0. The largest absolute Gasteiger partial charge is 0.433 e. The quantitative estimate of drug-likeness (QED) is 0.831. The number of carbonyl (C=O) groups is 1. The zero-order valence-electron chi connectivity index (χ0n) is 12.9. The first-order valence-electron chi connectivity index (χ1n) is 6.90. The summed E-state index contributed by atoms with van der Waals surface area (Å²) in [5.74, 6) is -1.22. The van der Waals surface area contributed by atoms with Crippen molar-refractivity contribution in [2.24, 2.45) is 0 Å². The molecule has 0 aromatic carbocycles. The van der Waals surface area contributed by atoms with Gasteiger partial charge in [-0.05, 0) is 26.0 Å². The summed E-state index contributed by atoms with van der Waals surface area (Å²) in [5.41, 5.74) is -3.67. The second-order valence-corrected chi connectivity index (χ2v) is 5.32. The van der Waals surface area contributed by atoms with Crippen LogP contribution in [0.3, 0.4) is 0 Å². The Hall–Kier alpha value is -2.59. The molecule has 0 aliphatic heterocycles. The summed E-state index contributed by atoms with van der Waals surface area (Å²) in [5, 5.41) is 5.55. The molecule has 2 aromatic heterocycles. The van der Waals surface area contributed by atoms with Crippen molar-refractivity contribution in [3.05, 3.63) is 41.5 Å². The molecule has 0 fully saturated rings. The smallest absolute Gasteiger partial charge is 0.322 e. The van der Waals surface area contributed by atoms with Crippen molar-refractivity contribution in [3.63, 3.8) is 0 Å². The van der Waals surface area contributed by atoms with Gasteiger partial charge in [0.15, 0.2) is 5.69 Å². The Bertz CT molecular complexity index is 778. The lowest BCUT2D eigenvalue weighted by molar-refractivity contribution is -0.145. The zero-order valence-corrected chi connectivity index (χ0v) is 12.9. The van der Waals surface area contributed by atoms with E-state index in [9.17, 15) is 31.1 Å². The lowest BCUT2D eigenvalue weighted by Gasteiger charge is -2.15. The van der Waals surface area contributed by atoms with E-state index in [-0.39, 0.29) is 5.69 Å². The minimum absolute atomic E-state index is 0.335. The molecule has 5 nitrogen and oxygen atoms in total. The lowest BCUT2D eigenvalue weighted by atomic mass is 10.2. The van der Waals surface area contributed by atoms with Gasteiger partial charge in [-0.3, -0.25) is 14.5 Å². The van der Waals surface area contributed by atoms with Crippen molar-refractivity contribution >= 4 is 11.6 Å². The van der Waals surface area contributed by atoms with E-state index in [2.05, 4.69) is 10.1 Å². The summed E-state index contributed by atoms with van der Waals surface area (Å²) in [6.45, 7) is 2.89. The number of aromatic nitrogens is 3. The number of hydrogen-bond acceptors (Lipinski definition) is 3. The molecular formula is C14H12F6N4O. The first kappa shape index (κ1) is 18.7. The molecule has 2 rings (SSSR count). The van der Waals surface area contributed by atoms with Gasteiger partial charge in [-0.15, -0.1) is 0 Å². The van der Waals surface area contributed by atoms with Crippen LogP contribution >= 0.6 is 0 Å². The maximum atomic E-state index is 13.2. The number of carbonyl (C=O) groups excluding carboxylic acids is 1. The number of rotatable bonds is 3. The number of alkyl halides is 6. The second kappa shape index (κ2) is 6.37. The molecule has 0 atom stereocenters. The third-order valence-corrected chi connectivity index (χ3v) is 3.11. The Balaban J connectivity index is 2.37.